The summed E-state index contributed by atoms with van der Waals surface area (Å²) in [6.07, 6.45) is 4.16. The molecule has 1 amide bonds. The number of nitrogens with one attached hydrogen (secondary N) is 1. The van der Waals surface area contributed by atoms with Gasteiger partial charge in [0.05, 0.1) is 6.33 Å². The summed E-state index contributed by atoms with van der Waals surface area (Å²) >= 11 is 0. The topological polar surface area (TPSA) is 72.9 Å². The van der Waals surface area contributed by atoms with Crippen LogP contribution in [0.25, 0.3) is 0 Å². The van der Waals surface area contributed by atoms with Crippen LogP contribution in [0.4, 0.5) is 0 Å². The van der Waals surface area contributed by atoms with Gasteiger partial charge in [-0.1, -0.05) is 0 Å². The Kier molecular flexibility index (Phi) is 1.81. The molecule has 5 nitrogen and oxygen atoms in total. The molecule has 13 heavy (non-hydrogen) atoms. The van der Waals surface area contributed by atoms with Crippen LogP contribution in [0.1, 0.15) is 16.9 Å². The molecular formula is C8H12N4O. The first-order valence-corrected chi connectivity index (χ1v) is 4.21. The third-order valence-electron chi connectivity index (χ3n) is 2.09. The van der Waals surface area contributed by atoms with Crippen LogP contribution in [0.5, 0.6) is 0 Å². The first-order chi connectivity index (χ1) is 6.16. The summed E-state index contributed by atoms with van der Waals surface area (Å²) in [5, 5.41) is 2.79. The van der Waals surface area contributed by atoms with Gasteiger partial charge >= 0.3 is 0 Å². The number of nitrogens with zero attached hydrogens (tertiary/aromatic N) is 2. The monoisotopic (exact) mass is 180 g/mol. The molecule has 2 atom stereocenters. The SMILES string of the molecule is Cn1cnc(C(=O)NC2CC2N)c1. The van der Waals surface area contributed by atoms with Crippen LogP contribution < -0.4 is 11.1 Å². The number of nitrogens with two attached hydrogens (primary N) is 1. The average Bonchev–Trinajstić information content (AvgIpc) is 2.62. The molecule has 1 heterocycles. The summed E-state index contributed by atoms with van der Waals surface area (Å²) in [7, 11) is 1.83. The van der Waals surface area contributed by atoms with Crippen molar-refractivity contribution in [1.82, 2.24) is 14.9 Å². The average molecular weight is 180 g/mol. The van der Waals surface area contributed by atoms with Gasteiger partial charge in [-0.3, -0.25) is 4.79 Å². The Balaban J connectivity index is 1.97. The summed E-state index contributed by atoms with van der Waals surface area (Å²) in [4.78, 5) is 15.3. The van der Waals surface area contributed by atoms with E-state index in [-0.39, 0.29) is 18.0 Å². The molecule has 0 aliphatic heterocycles. The molecule has 0 aromatic carbocycles. The fourth-order valence-electron chi connectivity index (χ4n) is 1.15. The number of aryl methyl sites for hydroxylation is 1. The van der Waals surface area contributed by atoms with Gasteiger partial charge in [-0.2, -0.15) is 0 Å². The summed E-state index contributed by atoms with van der Waals surface area (Å²) in [6.45, 7) is 0. The number of carbonyl (C=O) groups excluding carboxylic acids is 1. The number of aromatic nitrogens is 2. The Morgan fingerprint density at radius 2 is 2.54 bits per heavy atom. The standard InChI is InChI=1S/C8H12N4O/c1-12-3-7(10-4-12)8(13)11-6-2-5(6)9/h3-6H,2,9H2,1H3,(H,11,13). The van der Waals surface area contributed by atoms with Gasteiger partial charge in [-0.05, 0) is 6.42 Å². The van der Waals surface area contributed by atoms with E-state index in [0.29, 0.717) is 5.69 Å². The maximum atomic E-state index is 11.4. The third kappa shape index (κ3) is 1.70. The van der Waals surface area contributed by atoms with Gasteiger partial charge in [0.2, 0.25) is 0 Å². The number of amides is 1. The highest BCUT2D eigenvalue weighted by Crippen LogP contribution is 2.17. The van der Waals surface area contributed by atoms with Crippen LogP contribution in [0.15, 0.2) is 12.5 Å². The van der Waals surface area contributed by atoms with Crippen molar-refractivity contribution >= 4 is 5.91 Å². The molecule has 1 aliphatic carbocycles. The van der Waals surface area contributed by atoms with E-state index in [2.05, 4.69) is 10.3 Å². The highest BCUT2D eigenvalue weighted by Gasteiger charge is 2.35. The van der Waals surface area contributed by atoms with Crippen molar-refractivity contribution in [1.29, 1.82) is 0 Å². The van der Waals surface area contributed by atoms with Crippen LogP contribution in [0.3, 0.4) is 0 Å². The van der Waals surface area contributed by atoms with Gasteiger partial charge in [0.1, 0.15) is 5.69 Å². The lowest BCUT2D eigenvalue weighted by molar-refractivity contribution is 0.0945. The molecule has 0 saturated heterocycles. The molecule has 70 valence electrons. The third-order valence-corrected chi connectivity index (χ3v) is 2.09. The van der Waals surface area contributed by atoms with E-state index in [1.54, 1.807) is 17.1 Å². The highest BCUT2D eigenvalue weighted by atomic mass is 16.2. The first kappa shape index (κ1) is 8.25. The van der Waals surface area contributed by atoms with Crippen molar-refractivity contribution in [3.63, 3.8) is 0 Å². The fraction of sp³-hybridized carbons (Fsp3) is 0.500. The van der Waals surface area contributed by atoms with Gasteiger partial charge in [0.15, 0.2) is 0 Å². The molecule has 1 aromatic heterocycles. The van der Waals surface area contributed by atoms with Gasteiger partial charge in [0.25, 0.3) is 5.91 Å². The number of imidazole rings is 1. The zero-order valence-electron chi connectivity index (χ0n) is 7.40. The number of hydrogen-bond donors (Lipinski definition) is 2. The van der Waals surface area contributed by atoms with Crippen molar-refractivity contribution in [2.24, 2.45) is 12.8 Å². The van der Waals surface area contributed by atoms with Gasteiger partial charge in [-0.25, -0.2) is 4.98 Å². The van der Waals surface area contributed by atoms with E-state index in [1.807, 2.05) is 7.05 Å². The second kappa shape index (κ2) is 2.85. The molecular weight excluding hydrogens is 168 g/mol. The molecule has 2 rings (SSSR count). The van der Waals surface area contributed by atoms with E-state index < -0.39 is 0 Å². The Morgan fingerprint density at radius 3 is 3.00 bits per heavy atom. The Bertz CT molecular complexity index is 333. The van der Waals surface area contributed by atoms with Crippen LogP contribution in [-0.4, -0.2) is 27.5 Å². The highest BCUT2D eigenvalue weighted by molar-refractivity contribution is 5.92. The van der Waals surface area contributed by atoms with Crippen molar-refractivity contribution in [3.05, 3.63) is 18.2 Å². The minimum atomic E-state index is -0.140. The predicted molar refractivity (Wildman–Crippen MR) is 47.1 cm³/mol. The normalized spacial score (nSPS) is 25.7. The van der Waals surface area contributed by atoms with Crippen LogP contribution in [0.2, 0.25) is 0 Å². The molecule has 0 spiro atoms. The summed E-state index contributed by atoms with van der Waals surface area (Å²) in [5.74, 6) is -0.140. The van der Waals surface area contributed by atoms with Gasteiger partial charge in [-0.15, -0.1) is 0 Å². The van der Waals surface area contributed by atoms with E-state index in [4.69, 9.17) is 5.73 Å². The lowest BCUT2D eigenvalue weighted by Gasteiger charge is -1.98. The van der Waals surface area contributed by atoms with Crippen LogP contribution >= 0.6 is 0 Å². The molecule has 1 saturated carbocycles. The van der Waals surface area contributed by atoms with Gasteiger partial charge in [0, 0.05) is 25.3 Å². The maximum Gasteiger partial charge on any atom is 0.271 e. The lowest BCUT2D eigenvalue weighted by Crippen LogP contribution is -2.29. The predicted octanol–water partition coefficient (Wildman–Crippen LogP) is -0.750. The Morgan fingerprint density at radius 1 is 1.85 bits per heavy atom. The zero-order chi connectivity index (χ0) is 9.42. The smallest absolute Gasteiger partial charge is 0.271 e. The Labute approximate surface area is 75.9 Å². The molecule has 1 aliphatic rings. The van der Waals surface area contributed by atoms with Crippen molar-refractivity contribution in [2.75, 3.05) is 0 Å². The zero-order valence-corrected chi connectivity index (χ0v) is 7.40. The van der Waals surface area contributed by atoms with Crippen LogP contribution in [-0.2, 0) is 7.05 Å². The molecule has 1 fully saturated rings. The van der Waals surface area contributed by atoms with E-state index in [9.17, 15) is 4.79 Å². The molecule has 1 aromatic rings. The van der Waals surface area contributed by atoms with Crippen molar-refractivity contribution in [3.8, 4) is 0 Å². The largest absolute Gasteiger partial charge is 0.346 e. The number of carbonyl (C=O) groups is 1. The van der Waals surface area contributed by atoms with E-state index in [0.717, 1.165) is 6.42 Å². The quantitative estimate of drug-likeness (QED) is 0.629. The number of rotatable bonds is 2. The van der Waals surface area contributed by atoms with Crippen LogP contribution in [0, 0.1) is 0 Å². The minimum Gasteiger partial charge on any atom is -0.346 e. The molecule has 2 unspecified atom stereocenters. The fourth-order valence-corrected chi connectivity index (χ4v) is 1.15. The summed E-state index contributed by atoms with van der Waals surface area (Å²) in [5.41, 5.74) is 6.00. The Hall–Kier alpha value is -1.36. The molecule has 3 N–H and O–H groups in total. The van der Waals surface area contributed by atoms with E-state index in [1.165, 1.54) is 0 Å². The van der Waals surface area contributed by atoms with Crippen molar-refractivity contribution in [2.45, 2.75) is 18.5 Å². The molecule has 0 bridgehead atoms. The van der Waals surface area contributed by atoms with Gasteiger partial charge < -0.3 is 15.6 Å². The second-order valence-corrected chi connectivity index (χ2v) is 3.40. The van der Waals surface area contributed by atoms with Crippen molar-refractivity contribution < 1.29 is 4.79 Å². The maximum absolute atomic E-state index is 11.4. The summed E-state index contributed by atoms with van der Waals surface area (Å²) < 4.78 is 1.74. The molecule has 0 radical (unpaired) electrons. The first-order valence-electron chi connectivity index (χ1n) is 4.21. The lowest BCUT2D eigenvalue weighted by atomic mass is 10.4. The second-order valence-electron chi connectivity index (χ2n) is 3.40. The minimum absolute atomic E-state index is 0.132. The summed E-state index contributed by atoms with van der Waals surface area (Å²) in [6, 6.07) is 0.280. The number of hydrogen-bond acceptors (Lipinski definition) is 3. The molecule has 5 heteroatoms. The van der Waals surface area contributed by atoms with E-state index >= 15 is 0 Å².